The molecule has 0 radical (unpaired) electrons. The molecule has 0 bridgehead atoms. The molecule has 2 rings (SSSR count). The van der Waals surface area contributed by atoms with E-state index in [1.807, 2.05) is 25.7 Å². The Balaban J connectivity index is 1.87. The van der Waals surface area contributed by atoms with E-state index in [2.05, 4.69) is 5.16 Å². The standard InChI is InChI=1S/C14H22N2O2S/c1-10-13(11(2)18-15-10)9-19-12(3)14(17)16-7-5-4-6-8-16/h12H,4-9H2,1-3H3. The van der Waals surface area contributed by atoms with Crippen LogP contribution in [0.1, 0.15) is 43.2 Å². The molecule has 5 heteroatoms. The second kappa shape index (κ2) is 6.46. The summed E-state index contributed by atoms with van der Waals surface area (Å²) in [6.07, 6.45) is 3.55. The summed E-state index contributed by atoms with van der Waals surface area (Å²) < 4.78 is 5.15. The van der Waals surface area contributed by atoms with E-state index >= 15 is 0 Å². The molecule has 1 aromatic heterocycles. The van der Waals surface area contributed by atoms with Gasteiger partial charge < -0.3 is 9.42 Å². The molecule has 0 saturated carbocycles. The lowest BCUT2D eigenvalue weighted by molar-refractivity contribution is -0.131. The average molecular weight is 282 g/mol. The molecule has 0 spiro atoms. The van der Waals surface area contributed by atoms with Gasteiger partial charge in [-0.25, -0.2) is 0 Å². The predicted molar refractivity (Wildman–Crippen MR) is 77.2 cm³/mol. The monoisotopic (exact) mass is 282 g/mol. The molecular weight excluding hydrogens is 260 g/mol. The zero-order valence-electron chi connectivity index (χ0n) is 11.9. The number of aromatic nitrogens is 1. The molecule has 0 aliphatic carbocycles. The van der Waals surface area contributed by atoms with E-state index in [0.717, 1.165) is 48.7 Å². The summed E-state index contributed by atoms with van der Waals surface area (Å²) in [5, 5.41) is 3.95. The third kappa shape index (κ3) is 3.53. The fourth-order valence-corrected chi connectivity index (χ4v) is 3.48. The van der Waals surface area contributed by atoms with Gasteiger partial charge in [0.25, 0.3) is 0 Å². The zero-order valence-corrected chi connectivity index (χ0v) is 12.8. The maximum absolute atomic E-state index is 12.3. The summed E-state index contributed by atoms with van der Waals surface area (Å²) in [6.45, 7) is 7.72. The van der Waals surface area contributed by atoms with E-state index in [1.165, 1.54) is 6.42 Å². The van der Waals surface area contributed by atoms with Crippen molar-refractivity contribution in [1.82, 2.24) is 10.1 Å². The van der Waals surface area contributed by atoms with Crippen LogP contribution in [0.2, 0.25) is 0 Å². The van der Waals surface area contributed by atoms with E-state index in [1.54, 1.807) is 11.8 Å². The predicted octanol–water partition coefficient (Wildman–Crippen LogP) is 2.93. The number of hydrogen-bond acceptors (Lipinski definition) is 4. The van der Waals surface area contributed by atoms with Crippen molar-refractivity contribution < 1.29 is 9.32 Å². The zero-order chi connectivity index (χ0) is 13.8. The second-order valence-electron chi connectivity index (χ2n) is 5.14. The van der Waals surface area contributed by atoms with E-state index in [0.29, 0.717) is 0 Å². The highest BCUT2D eigenvalue weighted by Gasteiger charge is 2.23. The van der Waals surface area contributed by atoms with Crippen LogP contribution in [0.15, 0.2) is 4.52 Å². The Morgan fingerprint density at radius 3 is 2.63 bits per heavy atom. The van der Waals surface area contributed by atoms with Crippen LogP contribution in [0.25, 0.3) is 0 Å². The van der Waals surface area contributed by atoms with Gasteiger partial charge in [-0.3, -0.25) is 4.79 Å². The third-order valence-corrected chi connectivity index (χ3v) is 4.83. The number of piperidine rings is 1. The highest BCUT2D eigenvalue weighted by atomic mass is 32.2. The summed E-state index contributed by atoms with van der Waals surface area (Å²) in [5.74, 6) is 1.93. The van der Waals surface area contributed by atoms with Crippen molar-refractivity contribution in [2.75, 3.05) is 13.1 Å². The Kier molecular flexibility index (Phi) is 4.91. The van der Waals surface area contributed by atoms with Crippen LogP contribution < -0.4 is 0 Å². The molecule has 1 unspecified atom stereocenters. The number of amides is 1. The van der Waals surface area contributed by atoms with Gasteiger partial charge in [0.15, 0.2) is 0 Å². The lowest BCUT2D eigenvalue weighted by Gasteiger charge is -2.29. The normalized spacial score (nSPS) is 17.5. The first-order chi connectivity index (χ1) is 9.09. The number of rotatable bonds is 4. The van der Waals surface area contributed by atoms with Crippen LogP contribution in [0, 0.1) is 13.8 Å². The highest BCUT2D eigenvalue weighted by molar-refractivity contribution is 7.99. The summed E-state index contributed by atoms with van der Waals surface area (Å²) in [7, 11) is 0. The van der Waals surface area contributed by atoms with Crippen LogP contribution in [0.3, 0.4) is 0 Å². The summed E-state index contributed by atoms with van der Waals surface area (Å²) in [4.78, 5) is 14.3. The van der Waals surface area contributed by atoms with Crippen molar-refractivity contribution in [3.63, 3.8) is 0 Å². The number of carbonyl (C=O) groups excluding carboxylic acids is 1. The molecule has 19 heavy (non-hydrogen) atoms. The lowest BCUT2D eigenvalue weighted by atomic mass is 10.1. The molecule has 2 heterocycles. The number of hydrogen-bond donors (Lipinski definition) is 0. The fourth-order valence-electron chi connectivity index (χ4n) is 2.36. The molecule has 1 amide bonds. The molecule has 1 atom stereocenters. The molecule has 4 nitrogen and oxygen atoms in total. The van der Waals surface area contributed by atoms with Crippen LogP contribution in [-0.2, 0) is 10.5 Å². The minimum Gasteiger partial charge on any atom is -0.361 e. The maximum atomic E-state index is 12.3. The Hall–Kier alpha value is -0.970. The first-order valence-corrected chi connectivity index (χ1v) is 7.96. The van der Waals surface area contributed by atoms with E-state index in [-0.39, 0.29) is 11.2 Å². The van der Waals surface area contributed by atoms with E-state index in [4.69, 9.17) is 4.52 Å². The lowest BCUT2D eigenvalue weighted by Crippen LogP contribution is -2.40. The van der Waals surface area contributed by atoms with Gasteiger partial charge in [0, 0.05) is 24.4 Å². The molecule has 1 aromatic rings. The number of nitrogens with zero attached hydrogens (tertiary/aromatic N) is 2. The largest absolute Gasteiger partial charge is 0.361 e. The van der Waals surface area contributed by atoms with Crippen molar-refractivity contribution in [3.05, 3.63) is 17.0 Å². The smallest absolute Gasteiger partial charge is 0.235 e. The SMILES string of the molecule is Cc1noc(C)c1CSC(C)C(=O)N1CCCCC1. The Morgan fingerprint density at radius 1 is 1.37 bits per heavy atom. The Bertz CT molecular complexity index is 419. The summed E-state index contributed by atoms with van der Waals surface area (Å²) >= 11 is 1.67. The minimum atomic E-state index is 0.00630. The molecule has 0 N–H and O–H groups in total. The number of likely N-dealkylation sites (tertiary alicyclic amines) is 1. The fraction of sp³-hybridized carbons (Fsp3) is 0.714. The number of thioether (sulfide) groups is 1. The topological polar surface area (TPSA) is 46.3 Å². The van der Waals surface area contributed by atoms with Crippen molar-refractivity contribution in [2.24, 2.45) is 0 Å². The maximum Gasteiger partial charge on any atom is 0.235 e. The van der Waals surface area contributed by atoms with Gasteiger partial charge in [-0.15, -0.1) is 11.8 Å². The molecular formula is C14H22N2O2S. The van der Waals surface area contributed by atoms with Crippen LogP contribution in [-0.4, -0.2) is 34.3 Å². The Labute approximate surface area is 118 Å². The molecule has 1 aliphatic rings. The van der Waals surface area contributed by atoms with Crippen LogP contribution >= 0.6 is 11.8 Å². The molecule has 1 fully saturated rings. The quantitative estimate of drug-likeness (QED) is 0.852. The number of carbonyl (C=O) groups is 1. The average Bonchev–Trinajstić information content (AvgIpc) is 2.75. The molecule has 1 aliphatic heterocycles. The molecule has 106 valence electrons. The Morgan fingerprint density at radius 2 is 2.05 bits per heavy atom. The van der Waals surface area contributed by atoms with Gasteiger partial charge in [0.1, 0.15) is 5.76 Å². The van der Waals surface area contributed by atoms with Gasteiger partial charge in [0.05, 0.1) is 10.9 Å². The second-order valence-corrected chi connectivity index (χ2v) is 6.47. The molecule has 0 aromatic carbocycles. The third-order valence-electron chi connectivity index (χ3n) is 3.67. The first kappa shape index (κ1) is 14.4. The first-order valence-electron chi connectivity index (χ1n) is 6.91. The highest BCUT2D eigenvalue weighted by Crippen LogP contribution is 2.24. The minimum absolute atomic E-state index is 0.00630. The van der Waals surface area contributed by atoms with Gasteiger partial charge >= 0.3 is 0 Å². The summed E-state index contributed by atoms with van der Waals surface area (Å²) in [5.41, 5.74) is 2.06. The molecule has 1 saturated heterocycles. The number of aryl methyl sites for hydroxylation is 2. The van der Waals surface area contributed by atoms with Crippen molar-refractivity contribution in [2.45, 2.75) is 51.0 Å². The van der Waals surface area contributed by atoms with Crippen molar-refractivity contribution >= 4 is 17.7 Å². The van der Waals surface area contributed by atoms with Crippen molar-refractivity contribution in [3.8, 4) is 0 Å². The van der Waals surface area contributed by atoms with Crippen LogP contribution in [0.5, 0.6) is 0 Å². The van der Waals surface area contributed by atoms with Gasteiger partial charge in [0.2, 0.25) is 5.91 Å². The summed E-state index contributed by atoms with van der Waals surface area (Å²) in [6, 6.07) is 0. The van der Waals surface area contributed by atoms with Crippen molar-refractivity contribution in [1.29, 1.82) is 0 Å². The van der Waals surface area contributed by atoms with Gasteiger partial charge in [-0.1, -0.05) is 5.16 Å². The van der Waals surface area contributed by atoms with Gasteiger partial charge in [-0.05, 0) is 40.0 Å². The van der Waals surface area contributed by atoms with E-state index in [9.17, 15) is 4.79 Å². The van der Waals surface area contributed by atoms with Crippen LogP contribution in [0.4, 0.5) is 0 Å². The van der Waals surface area contributed by atoms with Gasteiger partial charge in [-0.2, -0.15) is 0 Å². The van der Waals surface area contributed by atoms with E-state index < -0.39 is 0 Å².